The molecular formula is C19H15ClF5NO3. The van der Waals surface area contributed by atoms with Crippen LogP contribution in [-0.4, -0.2) is 36.9 Å². The van der Waals surface area contributed by atoms with E-state index < -0.39 is 23.4 Å². The summed E-state index contributed by atoms with van der Waals surface area (Å²) < 4.78 is 81.2. The maximum Gasteiger partial charge on any atom is 0.444 e. The molecule has 0 spiro atoms. The van der Waals surface area contributed by atoms with Crippen molar-refractivity contribution < 1.29 is 36.2 Å². The summed E-state index contributed by atoms with van der Waals surface area (Å²) in [5.74, 6) is -1.55. The van der Waals surface area contributed by atoms with Crippen LogP contribution in [0.1, 0.15) is 12.0 Å². The number of rotatable bonds is 8. The molecule has 2 aromatic carbocycles. The van der Waals surface area contributed by atoms with Gasteiger partial charge in [-0.3, -0.25) is 0 Å². The SMILES string of the molecule is Fc1cccc(F)c1C1=NC(CCOc2ccc(OC(F)(F)C(F)Cl)cc2)CO1. The second-order valence-electron chi connectivity index (χ2n) is 6.07. The van der Waals surface area contributed by atoms with Crippen molar-refractivity contribution in [3.05, 3.63) is 59.7 Å². The molecular weight excluding hydrogens is 421 g/mol. The maximum absolute atomic E-state index is 13.8. The Labute approximate surface area is 167 Å². The van der Waals surface area contributed by atoms with Gasteiger partial charge in [0.05, 0.1) is 12.6 Å². The molecule has 2 atom stereocenters. The molecule has 0 aliphatic carbocycles. The molecule has 1 aliphatic heterocycles. The van der Waals surface area contributed by atoms with Gasteiger partial charge in [-0.05, 0) is 36.4 Å². The highest BCUT2D eigenvalue weighted by Crippen LogP contribution is 2.29. The molecule has 0 saturated carbocycles. The van der Waals surface area contributed by atoms with Crippen molar-refractivity contribution in [3.63, 3.8) is 0 Å². The predicted octanol–water partition coefficient (Wildman–Crippen LogP) is 5.09. The molecule has 3 rings (SSSR count). The summed E-state index contributed by atoms with van der Waals surface area (Å²) in [6, 6.07) is 8.21. The third-order valence-corrected chi connectivity index (χ3v) is 4.19. The Hall–Kier alpha value is -2.55. The number of ether oxygens (including phenoxy) is 3. The molecule has 156 valence electrons. The van der Waals surface area contributed by atoms with E-state index in [-0.39, 0.29) is 36.5 Å². The van der Waals surface area contributed by atoms with Crippen molar-refractivity contribution >= 4 is 17.5 Å². The molecule has 2 aromatic rings. The quantitative estimate of drug-likeness (QED) is 0.428. The highest BCUT2D eigenvalue weighted by Gasteiger charge is 2.42. The Balaban J connectivity index is 1.51. The van der Waals surface area contributed by atoms with Crippen molar-refractivity contribution in [2.75, 3.05) is 13.2 Å². The number of aliphatic imine (C=N–C) groups is 1. The summed E-state index contributed by atoms with van der Waals surface area (Å²) in [6.07, 6.45) is -3.76. The Bertz CT molecular complexity index is 856. The van der Waals surface area contributed by atoms with Crippen molar-refractivity contribution in [1.82, 2.24) is 0 Å². The first-order chi connectivity index (χ1) is 13.8. The molecule has 10 heteroatoms. The normalized spacial score (nSPS) is 17.4. The topological polar surface area (TPSA) is 40.0 Å². The predicted molar refractivity (Wildman–Crippen MR) is 95.5 cm³/mol. The van der Waals surface area contributed by atoms with Crippen LogP contribution in [0.15, 0.2) is 47.5 Å². The second-order valence-corrected chi connectivity index (χ2v) is 6.45. The summed E-state index contributed by atoms with van der Waals surface area (Å²) in [5.41, 5.74) is -3.29. The number of alkyl halides is 4. The molecule has 0 aromatic heterocycles. The lowest BCUT2D eigenvalue weighted by molar-refractivity contribution is -0.199. The minimum Gasteiger partial charge on any atom is -0.494 e. The minimum atomic E-state index is -4.15. The lowest BCUT2D eigenvalue weighted by Gasteiger charge is -2.17. The number of hydrogen-bond donors (Lipinski definition) is 0. The fourth-order valence-electron chi connectivity index (χ4n) is 2.52. The van der Waals surface area contributed by atoms with E-state index in [9.17, 15) is 22.0 Å². The fraction of sp³-hybridized carbons (Fsp3) is 0.316. The van der Waals surface area contributed by atoms with Crippen LogP contribution in [-0.2, 0) is 4.74 Å². The highest BCUT2D eigenvalue weighted by molar-refractivity contribution is 6.20. The average molecular weight is 436 g/mol. The number of benzene rings is 2. The van der Waals surface area contributed by atoms with Gasteiger partial charge in [0.25, 0.3) is 5.63 Å². The molecule has 1 aliphatic rings. The largest absolute Gasteiger partial charge is 0.494 e. The van der Waals surface area contributed by atoms with Crippen molar-refractivity contribution in [2.45, 2.75) is 24.2 Å². The third-order valence-electron chi connectivity index (χ3n) is 3.94. The lowest BCUT2D eigenvalue weighted by Crippen LogP contribution is -2.32. The zero-order valence-corrected chi connectivity index (χ0v) is 15.5. The van der Waals surface area contributed by atoms with Crippen LogP contribution in [0.25, 0.3) is 0 Å². The van der Waals surface area contributed by atoms with Gasteiger partial charge in [0.1, 0.15) is 35.3 Å². The number of hydrogen-bond acceptors (Lipinski definition) is 4. The van der Waals surface area contributed by atoms with E-state index in [1.165, 1.54) is 30.3 Å². The van der Waals surface area contributed by atoms with Gasteiger partial charge in [-0.25, -0.2) is 18.2 Å². The minimum absolute atomic E-state index is 0.0986. The van der Waals surface area contributed by atoms with E-state index in [0.717, 1.165) is 12.1 Å². The summed E-state index contributed by atoms with van der Waals surface area (Å²) in [7, 11) is 0. The summed E-state index contributed by atoms with van der Waals surface area (Å²) in [5, 5.41) is 0. The van der Waals surface area contributed by atoms with Gasteiger partial charge in [0.2, 0.25) is 5.90 Å². The zero-order valence-electron chi connectivity index (χ0n) is 14.8. The Morgan fingerprint density at radius 1 is 1.10 bits per heavy atom. The Morgan fingerprint density at radius 3 is 2.34 bits per heavy atom. The van der Waals surface area contributed by atoms with Crippen LogP contribution in [0.3, 0.4) is 0 Å². The van der Waals surface area contributed by atoms with Crippen molar-refractivity contribution in [3.8, 4) is 11.5 Å². The second kappa shape index (κ2) is 8.86. The summed E-state index contributed by atoms with van der Waals surface area (Å²) in [4.78, 5) is 4.17. The van der Waals surface area contributed by atoms with Gasteiger partial charge in [-0.15, -0.1) is 0 Å². The van der Waals surface area contributed by atoms with E-state index in [1.54, 1.807) is 0 Å². The maximum atomic E-state index is 13.8. The third kappa shape index (κ3) is 5.29. The zero-order chi connectivity index (χ0) is 21.0. The van der Waals surface area contributed by atoms with E-state index in [1.807, 2.05) is 0 Å². The molecule has 0 fully saturated rings. The van der Waals surface area contributed by atoms with Crippen LogP contribution in [0.2, 0.25) is 0 Å². The number of nitrogens with zero attached hydrogens (tertiary/aromatic N) is 1. The molecule has 4 nitrogen and oxygen atoms in total. The van der Waals surface area contributed by atoms with Crippen LogP contribution >= 0.6 is 11.6 Å². The van der Waals surface area contributed by atoms with Crippen molar-refractivity contribution in [2.24, 2.45) is 4.99 Å². The van der Waals surface area contributed by atoms with Gasteiger partial charge < -0.3 is 14.2 Å². The first-order valence-electron chi connectivity index (χ1n) is 8.49. The van der Waals surface area contributed by atoms with Gasteiger partial charge in [-0.2, -0.15) is 8.78 Å². The highest BCUT2D eigenvalue weighted by atomic mass is 35.5. The van der Waals surface area contributed by atoms with Crippen LogP contribution in [0.5, 0.6) is 11.5 Å². The molecule has 0 amide bonds. The average Bonchev–Trinajstić information content (AvgIpc) is 3.11. The van der Waals surface area contributed by atoms with Gasteiger partial charge in [0.15, 0.2) is 0 Å². The summed E-state index contributed by atoms with van der Waals surface area (Å²) >= 11 is 4.72. The summed E-state index contributed by atoms with van der Waals surface area (Å²) in [6.45, 7) is 0.340. The van der Waals surface area contributed by atoms with E-state index >= 15 is 0 Å². The van der Waals surface area contributed by atoms with Crippen LogP contribution in [0.4, 0.5) is 22.0 Å². The molecule has 0 N–H and O–H groups in total. The van der Waals surface area contributed by atoms with E-state index in [4.69, 9.17) is 21.1 Å². The molecule has 29 heavy (non-hydrogen) atoms. The Morgan fingerprint density at radius 2 is 1.72 bits per heavy atom. The first-order valence-corrected chi connectivity index (χ1v) is 8.93. The standard InChI is InChI=1S/C19H15ClF5NO3/c20-18(23)19(24,25)29-13-6-4-12(5-7-13)27-9-8-11-10-28-17(26-11)16-14(21)2-1-3-15(16)22/h1-7,11,18H,8-10H2. The molecule has 1 heterocycles. The lowest BCUT2D eigenvalue weighted by atomic mass is 10.2. The first kappa shape index (κ1) is 21.2. The molecule has 0 bridgehead atoms. The van der Waals surface area contributed by atoms with Crippen LogP contribution < -0.4 is 9.47 Å². The van der Waals surface area contributed by atoms with Crippen molar-refractivity contribution in [1.29, 1.82) is 0 Å². The van der Waals surface area contributed by atoms with Gasteiger partial charge >= 0.3 is 6.11 Å². The molecule has 0 saturated heterocycles. The smallest absolute Gasteiger partial charge is 0.444 e. The van der Waals surface area contributed by atoms with Gasteiger partial charge in [-0.1, -0.05) is 17.7 Å². The number of halogens is 6. The molecule has 2 unspecified atom stereocenters. The fourth-order valence-corrected chi connectivity index (χ4v) is 2.57. The van der Waals surface area contributed by atoms with Gasteiger partial charge in [0, 0.05) is 6.42 Å². The molecule has 0 radical (unpaired) electrons. The Kier molecular flexibility index (Phi) is 6.46. The van der Waals surface area contributed by atoms with E-state index in [2.05, 4.69) is 9.73 Å². The van der Waals surface area contributed by atoms with E-state index in [0.29, 0.717) is 12.2 Å². The van der Waals surface area contributed by atoms with Crippen LogP contribution in [0, 0.1) is 11.6 Å². The monoisotopic (exact) mass is 435 g/mol.